The van der Waals surface area contributed by atoms with Crippen molar-refractivity contribution in [1.82, 2.24) is 0 Å². The van der Waals surface area contributed by atoms with Gasteiger partial charge in [0.15, 0.2) is 6.10 Å². The highest BCUT2D eigenvalue weighted by Gasteiger charge is 2.50. The van der Waals surface area contributed by atoms with Crippen LogP contribution in [0.25, 0.3) is 0 Å². The first-order chi connectivity index (χ1) is 7.87. The third-order valence-electron chi connectivity index (χ3n) is 4.42. The zero-order valence-electron chi connectivity index (χ0n) is 10.1. The van der Waals surface area contributed by atoms with Gasteiger partial charge in [0.25, 0.3) is 0 Å². The minimum absolute atomic E-state index is 0.0498. The second-order valence-corrected chi connectivity index (χ2v) is 5.54. The van der Waals surface area contributed by atoms with Gasteiger partial charge in [-0.15, -0.1) is 0 Å². The molecule has 17 heavy (non-hydrogen) atoms. The fourth-order valence-electron chi connectivity index (χ4n) is 3.14. The quantitative estimate of drug-likeness (QED) is 0.837. The van der Waals surface area contributed by atoms with Crippen molar-refractivity contribution in [3.63, 3.8) is 0 Å². The summed E-state index contributed by atoms with van der Waals surface area (Å²) in [5, 5.41) is 0. The Morgan fingerprint density at radius 2 is 1.71 bits per heavy atom. The van der Waals surface area contributed by atoms with Crippen molar-refractivity contribution in [2.24, 2.45) is 17.6 Å². The Morgan fingerprint density at radius 1 is 1.18 bits per heavy atom. The number of rotatable bonds is 3. The van der Waals surface area contributed by atoms with Gasteiger partial charge in [-0.05, 0) is 50.4 Å². The molecule has 0 aromatic heterocycles. The second kappa shape index (κ2) is 4.43. The number of hydrogen-bond donors (Lipinski definition) is 1. The SMILES string of the molecule is COC(C1CCC(C2(N)CC2)CC1)C(F)(F)F. The van der Waals surface area contributed by atoms with Crippen LogP contribution in [0.3, 0.4) is 0 Å². The topological polar surface area (TPSA) is 35.2 Å². The summed E-state index contributed by atoms with van der Waals surface area (Å²) in [4.78, 5) is 0. The Balaban J connectivity index is 1.89. The molecule has 0 spiro atoms. The van der Waals surface area contributed by atoms with Crippen molar-refractivity contribution in [2.45, 2.75) is 56.3 Å². The maximum Gasteiger partial charge on any atom is 0.414 e. The van der Waals surface area contributed by atoms with Crippen LogP contribution in [0.4, 0.5) is 13.2 Å². The van der Waals surface area contributed by atoms with Gasteiger partial charge in [0, 0.05) is 12.6 Å². The predicted octanol–water partition coefficient (Wildman–Crippen LogP) is 2.86. The van der Waals surface area contributed by atoms with E-state index < -0.39 is 18.2 Å². The van der Waals surface area contributed by atoms with E-state index in [1.165, 1.54) is 0 Å². The van der Waals surface area contributed by atoms with E-state index in [9.17, 15) is 13.2 Å². The Bertz CT molecular complexity index is 267. The van der Waals surface area contributed by atoms with Crippen molar-refractivity contribution in [3.05, 3.63) is 0 Å². The Morgan fingerprint density at radius 3 is 2.06 bits per heavy atom. The van der Waals surface area contributed by atoms with Gasteiger partial charge < -0.3 is 10.5 Å². The van der Waals surface area contributed by atoms with Crippen molar-refractivity contribution in [2.75, 3.05) is 7.11 Å². The smallest absolute Gasteiger partial charge is 0.372 e. The molecule has 0 saturated heterocycles. The summed E-state index contributed by atoms with van der Waals surface area (Å²) >= 11 is 0. The monoisotopic (exact) mass is 251 g/mol. The molecule has 2 rings (SSSR count). The van der Waals surface area contributed by atoms with E-state index in [0.29, 0.717) is 18.8 Å². The van der Waals surface area contributed by atoms with Crippen LogP contribution < -0.4 is 5.73 Å². The number of methoxy groups -OCH3 is 1. The van der Waals surface area contributed by atoms with Crippen LogP contribution in [0, 0.1) is 11.8 Å². The molecule has 100 valence electrons. The molecule has 0 heterocycles. The summed E-state index contributed by atoms with van der Waals surface area (Å²) in [7, 11) is 1.15. The molecular weight excluding hydrogens is 231 g/mol. The van der Waals surface area contributed by atoms with Gasteiger partial charge in [0.05, 0.1) is 0 Å². The molecule has 2 saturated carbocycles. The van der Waals surface area contributed by atoms with Crippen molar-refractivity contribution in [3.8, 4) is 0 Å². The Labute approximate surface area is 99.7 Å². The molecule has 2 aliphatic carbocycles. The van der Waals surface area contributed by atoms with Crippen LogP contribution in [-0.4, -0.2) is 24.9 Å². The minimum atomic E-state index is -4.24. The molecule has 0 bridgehead atoms. The van der Waals surface area contributed by atoms with Gasteiger partial charge in [-0.2, -0.15) is 13.2 Å². The fraction of sp³-hybridized carbons (Fsp3) is 1.00. The molecular formula is C12H20F3NO. The van der Waals surface area contributed by atoms with E-state index >= 15 is 0 Å². The molecule has 1 unspecified atom stereocenters. The van der Waals surface area contributed by atoms with Crippen LogP contribution >= 0.6 is 0 Å². The first kappa shape index (κ1) is 13.1. The molecule has 0 aromatic rings. The van der Waals surface area contributed by atoms with Gasteiger partial charge in [0.2, 0.25) is 0 Å². The standard InChI is InChI=1S/C12H20F3NO/c1-17-10(12(13,14)15)8-2-4-9(5-3-8)11(16)6-7-11/h8-10H,2-7,16H2,1H3. The molecule has 0 radical (unpaired) electrons. The van der Waals surface area contributed by atoms with Crippen LogP contribution in [0.1, 0.15) is 38.5 Å². The summed E-state index contributed by atoms with van der Waals surface area (Å²) in [6.45, 7) is 0. The molecule has 2 N–H and O–H groups in total. The highest BCUT2D eigenvalue weighted by atomic mass is 19.4. The van der Waals surface area contributed by atoms with E-state index in [1.807, 2.05) is 0 Å². The van der Waals surface area contributed by atoms with Crippen LogP contribution in [-0.2, 0) is 4.74 Å². The number of hydrogen-bond acceptors (Lipinski definition) is 2. The number of halogens is 3. The molecule has 2 nitrogen and oxygen atoms in total. The number of alkyl halides is 3. The number of ether oxygens (including phenoxy) is 1. The molecule has 0 aliphatic heterocycles. The fourth-order valence-corrected chi connectivity index (χ4v) is 3.14. The van der Waals surface area contributed by atoms with Gasteiger partial charge >= 0.3 is 6.18 Å². The molecule has 5 heteroatoms. The molecule has 0 aromatic carbocycles. The highest BCUT2D eigenvalue weighted by molar-refractivity contribution is 5.05. The summed E-state index contributed by atoms with van der Waals surface area (Å²) in [6.07, 6.45) is -0.967. The molecule has 0 amide bonds. The predicted molar refractivity (Wildman–Crippen MR) is 58.5 cm³/mol. The van der Waals surface area contributed by atoms with Crippen molar-refractivity contribution < 1.29 is 17.9 Å². The van der Waals surface area contributed by atoms with Crippen LogP contribution in [0.5, 0.6) is 0 Å². The van der Waals surface area contributed by atoms with Crippen molar-refractivity contribution >= 4 is 0 Å². The molecule has 2 fully saturated rings. The summed E-state index contributed by atoms with van der Waals surface area (Å²) < 4.78 is 42.7. The van der Waals surface area contributed by atoms with E-state index in [-0.39, 0.29) is 5.54 Å². The average Bonchev–Trinajstić information content (AvgIpc) is 2.98. The Kier molecular flexibility index (Phi) is 3.42. The molecule has 1 atom stereocenters. The van der Waals surface area contributed by atoms with Crippen LogP contribution in [0.2, 0.25) is 0 Å². The number of nitrogens with two attached hydrogens (primary N) is 1. The zero-order valence-corrected chi connectivity index (χ0v) is 10.1. The lowest BCUT2D eigenvalue weighted by molar-refractivity contribution is -0.232. The van der Waals surface area contributed by atoms with Crippen molar-refractivity contribution in [1.29, 1.82) is 0 Å². The van der Waals surface area contributed by atoms with E-state index in [1.54, 1.807) is 0 Å². The normalized spacial score (nSPS) is 34.4. The maximum absolute atomic E-state index is 12.7. The van der Waals surface area contributed by atoms with E-state index in [4.69, 9.17) is 5.73 Å². The highest BCUT2D eigenvalue weighted by Crippen LogP contribution is 2.48. The minimum Gasteiger partial charge on any atom is -0.372 e. The van der Waals surface area contributed by atoms with Gasteiger partial charge in [-0.1, -0.05) is 0 Å². The van der Waals surface area contributed by atoms with Gasteiger partial charge in [-0.3, -0.25) is 0 Å². The first-order valence-electron chi connectivity index (χ1n) is 6.25. The summed E-state index contributed by atoms with van der Waals surface area (Å²) in [5.74, 6) is 0.0306. The van der Waals surface area contributed by atoms with Gasteiger partial charge in [0.1, 0.15) is 0 Å². The summed E-state index contributed by atoms with van der Waals surface area (Å²) in [6, 6.07) is 0. The second-order valence-electron chi connectivity index (χ2n) is 5.54. The summed E-state index contributed by atoms with van der Waals surface area (Å²) in [5.41, 5.74) is 6.06. The van der Waals surface area contributed by atoms with E-state index in [2.05, 4.69) is 4.74 Å². The third kappa shape index (κ3) is 2.76. The lowest BCUT2D eigenvalue weighted by Crippen LogP contribution is -2.42. The van der Waals surface area contributed by atoms with E-state index in [0.717, 1.165) is 32.8 Å². The lowest BCUT2D eigenvalue weighted by Gasteiger charge is -2.36. The lowest BCUT2D eigenvalue weighted by atomic mass is 9.75. The van der Waals surface area contributed by atoms with Gasteiger partial charge in [-0.25, -0.2) is 0 Å². The first-order valence-corrected chi connectivity index (χ1v) is 6.25. The maximum atomic E-state index is 12.7. The zero-order chi connectivity index (χ0) is 12.7. The largest absolute Gasteiger partial charge is 0.414 e. The third-order valence-corrected chi connectivity index (χ3v) is 4.42. The van der Waals surface area contributed by atoms with Crippen LogP contribution in [0.15, 0.2) is 0 Å². The molecule has 2 aliphatic rings. The average molecular weight is 251 g/mol. The Hall–Kier alpha value is -0.290.